The predicted octanol–water partition coefficient (Wildman–Crippen LogP) is 2.39. The molecule has 0 aliphatic carbocycles. The van der Waals surface area contributed by atoms with Gasteiger partial charge in [-0.3, -0.25) is 0 Å². The Labute approximate surface area is 95.8 Å². The summed E-state index contributed by atoms with van der Waals surface area (Å²) in [6, 6.07) is 6.11. The van der Waals surface area contributed by atoms with E-state index in [0.717, 1.165) is 13.1 Å². The van der Waals surface area contributed by atoms with Gasteiger partial charge in [-0.25, -0.2) is 4.52 Å². The fraction of sp³-hybridized carbons (Fsp3) is 0.308. The number of rotatable bonds is 4. The molecule has 3 nitrogen and oxygen atoms in total. The smallest absolute Gasteiger partial charge is 0.0706 e. The van der Waals surface area contributed by atoms with E-state index in [1.54, 1.807) is 0 Å². The maximum Gasteiger partial charge on any atom is 0.0706 e. The molecular weight excluding hydrogens is 198 g/mol. The zero-order chi connectivity index (χ0) is 11.4. The quantitative estimate of drug-likeness (QED) is 0.627. The Morgan fingerprint density at radius 1 is 1.44 bits per heavy atom. The first kappa shape index (κ1) is 10.9. The van der Waals surface area contributed by atoms with Gasteiger partial charge in [0.05, 0.1) is 11.7 Å². The third-order valence-corrected chi connectivity index (χ3v) is 2.48. The van der Waals surface area contributed by atoms with E-state index in [2.05, 4.69) is 36.4 Å². The summed E-state index contributed by atoms with van der Waals surface area (Å²) in [5.41, 5.74) is 3.75. The molecule has 0 unspecified atom stereocenters. The molecule has 0 atom stereocenters. The van der Waals surface area contributed by atoms with Gasteiger partial charge in [-0.1, -0.05) is 17.7 Å². The van der Waals surface area contributed by atoms with E-state index in [1.807, 2.05) is 29.0 Å². The molecule has 0 aliphatic heterocycles. The molecule has 84 valence electrons. The summed E-state index contributed by atoms with van der Waals surface area (Å²) in [6.07, 6.45) is 6.07. The van der Waals surface area contributed by atoms with Crippen LogP contribution in [-0.2, 0) is 6.54 Å². The van der Waals surface area contributed by atoms with Crippen LogP contribution in [0.25, 0.3) is 5.52 Å². The van der Waals surface area contributed by atoms with Crippen molar-refractivity contribution in [3.8, 4) is 0 Å². The number of allylic oxidation sites excluding steroid dienone is 1. The third-order valence-electron chi connectivity index (χ3n) is 2.48. The van der Waals surface area contributed by atoms with Crippen molar-refractivity contribution in [2.24, 2.45) is 0 Å². The minimum absolute atomic E-state index is 0.858. The highest BCUT2D eigenvalue weighted by molar-refractivity contribution is 5.53. The molecule has 0 saturated heterocycles. The highest BCUT2D eigenvalue weighted by atomic mass is 15.2. The molecule has 0 radical (unpaired) electrons. The van der Waals surface area contributed by atoms with Crippen molar-refractivity contribution in [3.05, 3.63) is 47.8 Å². The fourth-order valence-corrected chi connectivity index (χ4v) is 1.61. The van der Waals surface area contributed by atoms with E-state index in [9.17, 15) is 0 Å². The van der Waals surface area contributed by atoms with Gasteiger partial charge in [-0.15, -0.1) is 0 Å². The van der Waals surface area contributed by atoms with Gasteiger partial charge in [0, 0.05) is 24.8 Å². The average molecular weight is 215 g/mol. The number of aromatic nitrogens is 2. The van der Waals surface area contributed by atoms with E-state index in [0.29, 0.717) is 0 Å². The number of hydrogen-bond donors (Lipinski definition) is 1. The zero-order valence-electron chi connectivity index (χ0n) is 9.77. The fourth-order valence-electron chi connectivity index (χ4n) is 1.61. The number of hydrogen-bond acceptors (Lipinski definition) is 2. The molecule has 3 heteroatoms. The van der Waals surface area contributed by atoms with Gasteiger partial charge in [0.1, 0.15) is 0 Å². The van der Waals surface area contributed by atoms with E-state index in [1.165, 1.54) is 16.7 Å². The van der Waals surface area contributed by atoms with Gasteiger partial charge >= 0.3 is 0 Å². The van der Waals surface area contributed by atoms with Crippen LogP contribution in [0.5, 0.6) is 0 Å². The second-order valence-corrected chi connectivity index (χ2v) is 4.11. The van der Waals surface area contributed by atoms with Gasteiger partial charge in [-0.05, 0) is 26.0 Å². The molecule has 0 saturated carbocycles. The molecule has 0 bridgehead atoms. The van der Waals surface area contributed by atoms with Crippen molar-refractivity contribution in [2.45, 2.75) is 20.4 Å². The lowest BCUT2D eigenvalue weighted by Crippen LogP contribution is -2.12. The van der Waals surface area contributed by atoms with E-state index >= 15 is 0 Å². The lowest BCUT2D eigenvalue weighted by molar-refractivity contribution is 0.761. The molecule has 1 N–H and O–H groups in total. The second-order valence-electron chi connectivity index (χ2n) is 4.11. The highest BCUT2D eigenvalue weighted by Gasteiger charge is 2.01. The van der Waals surface area contributed by atoms with Crippen LogP contribution in [0.3, 0.4) is 0 Å². The summed E-state index contributed by atoms with van der Waals surface area (Å²) in [5, 5.41) is 7.68. The Kier molecular flexibility index (Phi) is 3.37. The molecule has 2 aromatic rings. The Balaban J connectivity index is 2.02. The number of nitrogens with zero attached hydrogens (tertiary/aromatic N) is 2. The topological polar surface area (TPSA) is 29.3 Å². The molecule has 16 heavy (non-hydrogen) atoms. The van der Waals surface area contributed by atoms with Gasteiger partial charge in [0.2, 0.25) is 0 Å². The summed E-state index contributed by atoms with van der Waals surface area (Å²) in [5.74, 6) is 0. The summed E-state index contributed by atoms with van der Waals surface area (Å²) in [4.78, 5) is 0. The van der Waals surface area contributed by atoms with Crippen molar-refractivity contribution in [1.82, 2.24) is 14.9 Å². The normalized spacial score (nSPS) is 10.6. The minimum atomic E-state index is 0.858. The van der Waals surface area contributed by atoms with Gasteiger partial charge in [0.25, 0.3) is 0 Å². The molecule has 2 rings (SSSR count). The third kappa shape index (κ3) is 2.49. The molecule has 0 fully saturated rings. The largest absolute Gasteiger partial charge is 0.309 e. The van der Waals surface area contributed by atoms with Crippen LogP contribution >= 0.6 is 0 Å². The molecule has 2 heterocycles. The highest BCUT2D eigenvalue weighted by Crippen LogP contribution is 2.08. The summed E-state index contributed by atoms with van der Waals surface area (Å²) in [7, 11) is 0. The Bertz CT molecular complexity index is 493. The van der Waals surface area contributed by atoms with Gasteiger partial charge in [-0.2, -0.15) is 5.10 Å². The summed E-state index contributed by atoms with van der Waals surface area (Å²) >= 11 is 0. The first-order chi connectivity index (χ1) is 7.77. The monoisotopic (exact) mass is 215 g/mol. The van der Waals surface area contributed by atoms with Crippen LogP contribution in [0.2, 0.25) is 0 Å². The maximum atomic E-state index is 4.29. The maximum absolute atomic E-state index is 4.29. The first-order valence-corrected chi connectivity index (χ1v) is 5.52. The van der Waals surface area contributed by atoms with Crippen LogP contribution in [0.1, 0.15) is 19.4 Å². The Morgan fingerprint density at radius 3 is 3.12 bits per heavy atom. The molecule has 0 aliphatic rings. The Hall–Kier alpha value is -1.61. The average Bonchev–Trinajstić information content (AvgIpc) is 2.68. The van der Waals surface area contributed by atoms with Gasteiger partial charge in [0.15, 0.2) is 0 Å². The van der Waals surface area contributed by atoms with Crippen molar-refractivity contribution in [3.63, 3.8) is 0 Å². The lowest BCUT2D eigenvalue weighted by Gasteiger charge is -2.00. The molecule has 0 spiro atoms. The van der Waals surface area contributed by atoms with E-state index in [4.69, 9.17) is 0 Å². The summed E-state index contributed by atoms with van der Waals surface area (Å²) < 4.78 is 1.90. The van der Waals surface area contributed by atoms with E-state index < -0.39 is 0 Å². The minimum Gasteiger partial charge on any atom is -0.309 e. The van der Waals surface area contributed by atoms with Crippen molar-refractivity contribution in [2.75, 3.05) is 6.54 Å². The van der Waals surface area contributed by atoms with Crippen molar-refractivity contribution < 1.29 is 0 Å². The van der Waals surface area contributed by atoms with Crippen molar-refractivity contribution in [1.29, 1.82) is 0 Å². The SMILES string of the molecule is CC(C)=CCNCc1cnn2ccccc12. The van der Waals surface area contributed by atoms with Crippen LogP contribution in [0.4, 0.5) is 0 Å². The Morgan fingerprint density at radius 2 is 2.31 bits per heavy atom. The summed E-state index contributed by atoms with van der Waals surface area (Å²) in [6.45, 7) is 5.98. The molecular formula is C13H17N3. The second kappa shape index (κ2) is 4.94. The standard InChI is InChI=1S/C13H17N3/c1-11(2)6-7-14-9-12-10-15-16-8-4-3-5-13(12)16/h3-6,8,10,14H,7,9H2,1-2H3. The van der Waals surface area contributed by atoms with Crippen LogP contribution in [-0.4, -0.2) is 16.2 Å². The van der Waals surface area contributed by atoms with Gasteiger partial charge < -0.3 is 5.32 Å². The predicted molar refractivity (Wildman–Crippen MR) is 66.3 cm³/mol. The number of nitrogens with one attached hydrogen (secondary N) is 1. The molecule has 0 aromatic carbocycles. The number of fused-ring (bicyclic) bond motifs is 1. The zero-order valence-corrected chi connectivity index (χ0v) is 9.77. The van der Waals surface area contributed by atoms with Crippen LogP contribution in [0.15, 0.2) is 42.2 Å². The molecule has 0 amide bonds. The van der Waals surface area contributed by atoms with Crippen LogP contribution in [0, 0.1) is 0 Å². The molecule has 2 aromatic heterocycles. The first-order valence-electron chi connectivity index (χ1n) is 5.52. The van der Waals surface area contributed by atoms with Crippen LogP contribution < -0.4 is 5.32 Å². The number of pyridine rings is 1. The van der Waals surface area contributed by atoms with Crippen molar-refractivity contribution >= 4 is 5.52 Å². The van der Waals surface area contributed by atoms with E-state index in [-0.39, 0.29) is 0 Å². The lowest BCUT2D eigenvalue weighted by atomic mass is 10.2.